The van der Waals surface area contributed by atoms with Crippen LogP contribution in [0.3, 0.4) is 0 Å². The molecule has 2 atom stereocenters. The van der Waals surface area contributed by atoms with Crippen molar-refractivity contribution in [1.29, 1.82) is 0 Å². The van der Waals surface area contributed by atoms with E-state index in [1.807, 2.05) is 0 Å². The fraction of sp³-hybridized carbons (Fsp3) is 0.312. The van der Waals surface area contributed by atoms with Crippen molar-refractivity contribution in [2.24, 2.45) is 5.73 Å². The molecule has 134 valence electrons. The Balaban J connectivity index is 1.66. The number of nitrogens with two attached hydrogens (primary N) is 1. The van der Waals surface area contributed by atoms with Crippen molar-refractivity contribution in [2.75, 3.05) is 17.2 Å². The minimum atomic E-state index is -1.20. The average Bonchev–Trinajstić information content (AvgIpc) is 3.01. The van der Waals surface area contributed by atoms with E-state index in [0.29, 0.717) is 35.7 Å². The van der Waals surface area contributed by atoms with Gasteiger partial charge < -0.3 is 10.8 Å². The summed E-state index contributed by atoms with van der Waals surface area (Å²) in [6, 6.07) is -0.677. The second kappa shape index (κ2) is 6.22. The number of amides is 2. The van der Waals surface area contributed by atoms with Gasteiger partial charge in [-0.15, -0.1) is 11.8 Å². The maximum atomic E-state index is 12.6. The Kier molecular flexibility index (Phi) is 4.00. The average molecular weight is 373 g/mol. The zero-order valence-electron chi connectivity index (χ0n) is 13.5. The van der Waals surface area contributed by atoms with Crippen LogP contribution in [0.1, 0.15) is 6.42 Å². The van der Waals surface area contributed by atoms with Crippen LogP contribution in [0.2, 0.25) is 0 Å². The molecule has 0 aliphatic carbocycles. The lowest BCUT2D eigenvalue weighted by Gasteiger charge is -2.47. The van der Waals surface area contributed by atoms with Crippen LogP contribution in [-0.2, 0) is 14.4 Å². The molecule has 2 amide bonds. The van der Waals surface area contributed by atoms with E-state index >= 15 is 0 Å². The number of carbonyl (C=O) groups excluding carboxylic acids is 2. The summed E-state index contributed by atoms with van der Waals surface area (Å²) in [6.45, 7) is 0.447. The number of aliphatic carboxylic acids is 1. The minimum Gasteiger partial charge on any atom is -0.477 e. The third kappa shape index (κ3) is 2.49. The van der Waals surface area contributed by atoms with Gasteiger partial charge in [-0.1, -0.05) is 0 Å². The summed E-state index contributed by atoms with van der Waals surface area (Å²) in [7, 11) is 0. The molecule has 2 saturated heterocycles. The summed E-state index contributed by atoms with van der Waals surface area (Å²) < 4.78 is 0. The molecule has 0 radical (unpaired) electrons. The van der Waals surface area contributed by atoms with Gasteiger partial charge in [0.15, 0.2) is 5.82 Å². The number of β-lactam (4-membered cyclic amide) rings is 1. The zero-order valence-corrected chi connectivity index (χ0v) is 14.3. The zero-order chi connectivity index (χ0) is 18.4. The molecule has 0 aromatic carbocycles. The summed E-state index contributed by atoms with van der Waals surface area (Å²) in [5.41, 5.74) is 6.59. The Morgan fingerprint density at radius 1 is 1.38 bits per heavy atom. The smallest absolute Gasteiger partial charge is 0.352 e. The third-order valence-corrected chi connectivity index (χ3v) is 5.86. The first-order chi connectivity index (χ1) is 12.5. The van der Waals surface area contributed by atoms with Crippen molar-refractivity contribution in [3.8, 4) is 0 Å². The van der Waals surface area contributed by atoms with Crippen LogP contribution in [-0.4, -0.2) is 61.5 Å². The van der Waals surface area contributed by atoms with Gasteiger partial charge in [0.2, 0.25) is 5.91 Å². The van der Waals surface area contributed by atoms with Crippen molar-refractivity contribution in [2.45, 2.75) is 17.8 Å². The maximum absolute atomic E-state index is 12.6. The van der Waals surface area contributed by atoms with Gasteiger partial charge in [-0.05, 0) is 18.1 Å². The Hall–Kier alpha value is -2.72. The van der Waals surface area contributed by atoms with E-state index in [4.69, 9.17) is 5.73 Å². The van der Waals surface area contributed by atoms with E-state index in [-0.39, 0.29) is 17.0 Å². The lowest BCUT2D eigenvalue weighted by Crippen LogP contribution is -2.68. The number of aromatic nitrogens is 2. The van der Waals surface area contributed by atoms with Gasteiger partial charge in [-0.3, -0.25) is 24.4 Å². The molecular formula is C16H15N5O4S. The molecule has 3 N–H and O–H groups in total. The second-order valence-electron chi connectivity index (χ2n) is 6.05. The number of hydrogen-bond acceptors (Lipinski definition) is 7. The predicted molar refractivity (Wildman–Crippen MR) is 92.8 cm³/mol. The molecular weight excluding hydrogens is 358 g/mol. The molecule has 0 unspecified atom stereocenters. The van der Waals surface area contributed by atoms with Crippen molar-refractivity contribution >= 4 is 35.4 Å². The summed E-state index contributed by atoms with van der Waals surface area (Å²) >= 11 is 1.40. The number of thioether (sulfide) groups is 1. The van der Waals surface area contributed by atoms with Gasteiger partial charge in [0.25, 0.3) is 5.91 Å². The number of fused-ring (bicyclic) bond motifs is 1. The van der Waals surface area contributed by atoms with E-state index in [0.717, 1.165) is 0 Å². The van der Waals surface area contributed by atoms with Crippen molar-refractivity contribution in [3.05, 3.63) is 41.5 Å². The highest BCUT2D eigenvalue weighted by Gasteiger charge is 2.51. The van der Waals surface area contributed by atoms with Crippen LogP contribution in [0.4, 0.5) is 5.82 Å². The van der Waals surface area contributed by atoms with Crippen LogP contribution in [0.5, 0.6) is 0 Å². The SMILES string of the molecule is N[C@@H]1C(=O)N2C(C(=O)O)=C(C=C3CCN(c4cnccn4)C3=O)CS[C@H]12. The van der Waals surface area contributed by atoms with Crippen molar-refractivity contribution in [3.63, 3.8) is 0 Å². The Morgan fingerprint density at radius 3 is 2.88 bits per heavy atom. The summed E-state index contributed by atoms with van der Waals surface area (Å²) in [4.78, 5) is 47.1. The van der Waals surface area contributed by atoms with Gasteiger partial charge in [-0.2, -0.15) is 0 Å². The number of anilines is 1. The standard InChI is InChI=1S/C16H15N5O4S/c17-11-14(23)21-12(16(24)25)9(7-26-15(11)21)5-8-1-4-20(13(8)22)10-6-18-2-3-19-10/h2-3,5-6,11,15H,1,4,7,17H2,(H,24,25)/t11-,15-/m1/s1. The molecule has 4 heterocycles. The summed E-state index contributed by atoms with van der Waals surface area (Å²) in [5.74, 6) is -1.00. The van der Waals surface area contributed by atoms with Crippen LogP contribution in [0.15, 0.2) is 41.5 Å². The molecule has 3 aliphatic heterocycles. The highest BCUT2D eigenvalue weighted by atomic mass is 32.2. The first-order valence-electron chi connectivity index (χ1n) is 7.94. The molecule has 1 aromatic heterocycles. The fourth-order valence-corrected chi connectivity index (χ4v) is 4.51. The molecule has 26 heavy (non-hydrogen) atoms. The van der Waals surface area contributed by atoms with Gasteiger partial charge in [-0.25, -0.2) is 9.78 Å². The first kappa shape index (κ1) is 16.7. The quantitative estimate of drug-likeness (QED) is 0.547. The van der Waals surface area contributed by atoms with E-state index in [1.165, 1.54) is 40.2 Å². The molecule has 0 spiro atoms. The van der Waals surface area contributed by atoms with Crippen molar-refractivity contribution < 1.29 is 19.5 Å². The lowest BCUT2D eigenvalue weighted by molar-refractivity contribution is -0.147. The number of allylic oxidation sites excluding steroid dienone is 1. The van der Waals surface area contributed by atoms with Crippen LogP contribution >= 0.6 is 11.8 Å². The molecule has 2 fully saturated rings. The van der Waals surface area contributed by atoms with Crippen LogP contribution in [0, 0.1) is 0 Å². The van der Waals surface area contributed by atoms with Gasteiger partial charge in [0.1, 0.15) is 17.1 Å². The topological polar surface area (TPSA) is 130 Å². The Bertz CT molecular complexity index is 869. The third-order valence-electron chi connectivity index (χ3n) is 4.54. The number of carboxylic acid groups (broad SMARTS) is 1. The van der Waals surface area contributed by atoms with E-state index in [9.17, 15) is 19.5 Å². The number of nitrogens with zero attached hydrogens (tertiary/aromatic N) is 4. The lowest BCUT2D eigenvalue weighted by atomic mass is 10.0. The molecule has 9 nitrogen and oxygen atoms in total. The molecule has 3 aliphatic rings. The Labute approximate surface area is 152 Å². The number of carboxylic acids is 1. The van der Waals surface area contributed by atoms with Crippen LogP contribution in [0.25, 0.3) is 0 Å². The summed E-state index contributed by atoms with van der Waals surface area (Å²) in [6.07, 6.45) is 6.58. The molecule has 0 bridgehead atoms. The van der Waals surface area contributed by atoms with Crippen molar-refractivity contribution in [1.82, 2.24) is 14.9 Å². The van der Waals surface area contributed by atoms with Gasteiger partial charge >= 0.3 is 5.97 Å². The first-order valence-corrected chi connectivity index (χ1v) is 8.99. The fourth-order valence-electron chi connectivity index (χ4n) is 3.26. The number of carbonyl (C=O) groups is 3. The van der Waals surface area contributed by atoms with E-state index in [2.05, 4.69) is 9.97 Å². The number of rotatable bonds is 3. The van der Waals surface area contributed by atoms with Gasteiger partial charge in [0, 0.05) is 30.3 Å². The largest absolute Gasteiger partial charge is 0.477 e. The van der Waals surface area contributed by atoms with E-state index in [1.54, 1.807) is 6.08 Å². The van der Waals surface area contributed by atoms with E-state index < -0.39 is 17.9 Å². The maximum Gasteiger partial charge on any atom is 0.352 e. The number of hydrogen-bond donors (Lipinski definition) is 2. The molecule has 1 aromatic rings. The molecule has 4 rings (SSSR count). The molecule has 10 heteroatoms. The monoisotopic (exact) mass is 373 g/mol. The van der Waals surface area contributed by atoms with Crippen LogP contribution < -0.4 is 10.6 Å². The van der Waals surface area contributed by atoms with Gasteiger partial charge in [0.05, 0.1) is 6.20 Å². The minimum absolute atomic E-state index is 0.0845. The normalized spacial score (nSPS) is 27.0. The summed E-state index contributed by atoms with van der Waals surface area (Å²) in [5, 5.41) is 9.20. The Morgan fingerprint density at radius 2 is 2.19 bits per heavy atom. The second-order valence-corrected chi connectivity index (χ2v) is 7.16. The molecule has 0 saturated carbocycles. The predicted octanol–water partition coefficient (Wildman–Crippen LogP) is -0.279. The highest BCUT2D eigenvalue weighted by molar-refractivity contribution is 8.00. The highest BCUT2D eigenvalue weighted by Crippen LogP contribution is 2.40.